The van der Waals surface area contributed by atoms with Gasteiger partial charge in [0.1, 0.15) is 10.7 Å². The molecule has 0 amide bonds. The largest absolute Gasteiger partial charge is 0.452 e. The molecule has 0 aliphatic heterocycles. The van der Waals surface area contributed by atoms with Crippen LogP contribution in [-0.2, 0) is 16.6 Å². The van der Waals surface area contributed by atoms with Crippen LogP contribution in [-0.4, -0.2) is 8.42 Å². The fourth-order valence-corrected chi connectivity index (χ4v) is 4.18. The Hall–Kier alpha value is -0.540. The molecule has 3 N–H and O–H groups in total. The van der Waals surface area contributed by atoms with E-state index in [2.05, 4.69) is 36.6 Å². The van der Waals surface area contributed by atoms with E-state index in [1.165, 1.54) is 12.1 Å². The molecule has 20 heavy (non-hydrogen) atoms. The fraction of sp³-hybridized carbons (Fsp3) is 0.0909. The highest BCUT2D eigenvalue weighted by Crippen LogP contribution is 2.31. The lowest BCUT2D eigenvalue weighted by Crippen LogP contribution is -2.13. The molecular weight excluding hydrogens is 435 g/mol. The minimum absolute atomic E-state index is 0.0233. The molecule has 2 rings (SSSR count). The molecule has 0 aliphatic rings. The average Bonchev–Trinajstić information content (AvgIpc) is 2.76. The smallest absolute Gasteiger partial charge is 0.266 e. The van der Waals surface area contributed by atoms with E-state index >= 15 is 0 Å². The van der Waals surface area contributed by atoms with E-state index in [9.17, 15) is 8.42 Å². The summed E-state index contributed by atoms with van der Waals surface area (Å²) < 4.78 is 32.9. The maximum Gasteiger partial charge on any atom is 0.266 e. The lowest BCUT2D eigenvalue weighted by molar-refractivity contribution is 0.484. The molecule has 1 aromatic heterocycles. The minimum Gasteiger partial charge on any atom is -0.452 e. The number of nitrogens with one attached hydrogen (secondary N) is 1. The van der Waals surface area contributed by atoms with Crippen molar-refractivity contribution in [1.29, 1.82) is 0 Å². The zero-order valence-corrected chi connectivity index (χ0v) is 14.6. The van der Waals surface area contributed by atoms with Crippen LogP contribution in [0.3, 0.4) is 0 Å². The van der Waals surface area contributed by atoms with Gasteiger partial charge in [0.25, 0.3) is 10.0 Å². The van der Waals surface area contributed by atoms with Crippen molar-refractivity contribution in [2.45, 2.75) is 11.4 Å². The molecule has 0 radical (unpaired) electrons. The van der Waals surface area contributed by atoms with Gasteiger partial charge in [0.2, 0.25) is 0 Å². The van der Waals surface area contributed by atoms with Crippen molar-refractivity contribution in [1.82, 2.24) is 0 Å². The molecule has 2 aromatic rings. The Balaban J connectivity index is 2.40. The van der Waals surface area contributed by atoms with Crippen LogP contribution < -0.4 is 10.5 Å². The van der Waals surface area contributed by atoms with E-state index < -0.39 is 10.0 Å². The first kappa shape index (κ1) is 15.8. The molecule has 1 aromatic carbocycles. The van der Waals surface area contributed by atoms with Crippen molar-refractivity contribution in [3.63, 3.8) is 0 Å². The molecule has 0 unspecified atom stereocenters. The van der Waals surface area contributed by atoms with E-state index in [0.717, 1.165) is 0 Å². The van der Waals surface area contributed by atoms with Gasteiger partial charge in [-0.05, 0) is 50.1 Å². The van der Waals surface area contributed by atoms with Crippen LogP contribution in [0.1, 0.15) is 5.76 Å². The summed E-state index contributed by atoms with van der Waals surface area (Å²) in [5, 5.41) is 0.416. The topological polar surface area (TPSA) is 85.3 Å². The molecule has 0 bridgehead atoms. The second-order valence-electron chi connectivity index (χ2n) is 3.78. The van der Waals surface area contributed by atoms with Gasteiger partial charge in [0, 0.05) is 15.6 Å². The van der Waals surface area contributed by atoms with Gasteiger partial charge < -0.3 is 10.2 Å². The predicted molar refractivity (Wildman–Crippen MR) is 84.3 cm³/mol. The number of sulfonamides is 1. The van der Waals surface area contributed by atoms with E-state index in [4.69, 9.17) is 21.8 Å². The molecule has 0 spiro atoms. The van der Waals surface area contributed by atoms with Gasteiger partial charge in [-0.15, -0.1) is 0 Å². The number of halogens is 3. The Morgan fingerprint density at radius 2 is 2.00 bits per heavy atom. The summed E-state index contributed by atoms with van der Waals surface area (Å²) >= 11 is 12.2. The van der Waals surface area contributed by atoms with Crippen LogP contribution in [0.15, 0.2) is 42.7 Å². The first-order valence-corrected chi connectivity index (χ1v) is 8.74. The van der Waals surface area contributed by atoms with E-state index in [-0.39, 0.29) is 16.1 Å². The molecule has 0 atom stereocenters. The van der Waals surface area contributed by atoms with Gasteiger partial charge in [0.05, 0.1) is 12.2 Å². The second-order valence-corrected chi connectivity index (χ2v) is 7.45. The molecule has 0 saturated carbocycles. The first-order valence-electron chi connectivity index (χ1n) is 5.29. The summed E-state index contributed by atoms with van der Waals surface area (Å²) in [5.74, 6) is 0.363. The number of nitrogens with two attached hydrogens (primary N) is 1. The number of hydrogen-bond donors (Lipinski definition) is 2. The van der Waals surface area contributed by atoms with Crippen LogP contribution in [0.2, 0.25) is 5.02 Å². The Bertz CT molecular complexity index is 746. The molecular formula is C11H9Br2ClN2O3S. The van der Waals surface area contributed by atoms with Gasteiger partial charge in [-0.2, -0.15) is 0 Å². The van der Waals surface area contributed by atoms with Crippen molar-refractivity contribution in [3.05, 3.63) is 44.2 Å². The molecule has 0 fully saturated rings. The molecule has 5 nitrogen and oxygen atoms in total. The number of hydrogen-bond acceptors (Lipinski definition) is 4. The highest BCUT2D eigenvalue weighted by atomic mass is 79.9. The van der Waals surface area contributed by atoms with Crippen LogP contribution in [0.5, 0.6) is 0 Å². The number of benzene rings is 1. The van der Waals surface area contributed by atoms with E-state index in [1.54, 1.807) is 12.1 Å². The van der Waals surface area contributed by atoms with E-state index in [1.807, 2.05) is 0 Å². The standard InChI is InChI=1S/C11H9Br2ClN2O3S/c12-8-2-1-6(14)3-9(8)16-20(17,18)10-4-7(5-15)19-11(10)13/h1-4,16H,5,15H2. The third-order valence-electron chi connectivity index (χ3n) is 2.37. The van der Waals surface area contributed by atoms with Crippen LogP contribution >= 0.6 is 43.5 Å². The lowest BCUT2D eigenvalue weighted by Gasteiger charge is -2.08. The van der Waals surface area contributed by atoms with Crippen molar-refractivity contribution < 1.29 is 12.8 Å². The summed E-state index contributed by atoms with van der Waals surface area (Å²) in [4.78, 5) is -0.0233. The Morgan fingerprint density at radius 3 is 2.60 bits per heavy atom. The quantitative estimate of drug-likeness (QED) is 0.753. The summed E-state index contributed by atoms with van der Waals surface area (Å²) in [5.41, 5.74) is 5.75. The Kier molecular flexibility index (Phi) is 4.80. The summed E-state index contributed by atoms with van der Waals surface area (Å²) in [6.45, 7) is 0.106. The molecule has 0 saturated heterocycles. The monoisotopic (exact) mass is 442 g/mol. The van der Waals surface area contributed by atoms with Crippen molar-refractivity contribution in [2.75, 3.05) is 4.72 Å². The highest BCUT2D eigenvalue weighted by Gasteiger charge is 2.23. The van der Waals surface area contributed by atoms with Gasteiger partial charge in [-0.1, -0.05) is 11.6 Å². The zero-order valence-electron chi connectivity index (χ0n) is 9.86. The number of rotatable bonds is 4. The Labute approximate surface area is 137 Å². The maximum absolute atomic E-state index is 12.3. The first-order chi connectivity index (χ1) is 9.33. The summed E-state index contributed by atoms with van der Waals surface area (Å²) in [6.07, 6.45) is 0. The normalized spacial score (nSPS) is 11.6. The van der Waals surface area contributed by atoms with Crippen molar-refractivity contribution >= 4 is 59.2 Å². The maximum atomic E-state index is 12.3. The van der Waals surface area contributed by atoms with E-state index in [0.29, 0.717) is 20.9 Å². The fourth-order valence-electron chi connectivity index (χ4n) is 1.46. The van der Waals surface area contributed by atoms with Crippen LogP contribution in [0.25, 0.3) is 0 Å². The molecule has 108 valence electrons. The average molecular weight is 445 g/mol. The molecule has 1 heterocycles. The van der Waals surface area contributed by atoms with Crippen LogP contribution in [0, 0.1) is 0 Å². The van der Waals surface area contributed by atoms with Gasteiger partial charge in [0.15, 0.2) is 4.67 Å². The summed E-state index contributed by atoms with van der Waals surface area (Å²) in [7, 11) is -3.81. The van der Waals surface area contributed by atoms with Gasteiger partial charge >= 0.3 is 0 Å². The highest BCUT2D eigenvalue weighted by molar-refractivity contribution is 9.10. The SMILES string of the molecule is NCc1cc(S(=O)(=O)Nc2cc(Cl)ccc2Br)c(Br)o1. The number of furan rings is 1. The third-order valence-corrected chi connectivity index (χ3v) is 5.52. The van der Waals surface area contributed by atoms with Gasteiger partial charge in [-0.3, -0.25) is 4.72 Å². The Morgan fingerprint density at radius 1 is 1.30 bits per heavy atom. The summed E-state index contributed by atoms with van der Waals surface area (Å²) in [6, 6.07) is 6.16. The van der Waals surface area contributed by atoms with Gasteiger partial charge in [-0.25, -0.2) is 8.42 Å². The second kappa shape index (κ2) is 6.07. The molecule has 9 heteroatoms. The lowest BCUT2D eigenvalue weighted by atomic mass is 10.3. The minimum atomic E-state index is -3.81. The third kappa shape index (κ3) is 3.37. The zero-order chi connectivity index (χ0) is 14.9. The number of anilines is 1. The van der Waals surface area contributed by atoms with Crippen molar-refractivity contribution in [2.24, 2.45) is 5.73 Å². The predicted octanol–water partition coefficient (Wildman–Crippen LogP) is 3.72. The van der Waals surface area contributed by atoms with Crippen LogP contribution in [0.4, 0.5) is 5.69 Å². The molecule has 0 aliphatic carbocycles. The van der Waals surface area contributed by atoms with Crippen molar-refractivity contribution in [3.8, 4) is 0 Å².